The molecule has 5 aliphatic rings. The molecule has 0 unspecified atom stereocenters. The molecule has 0 atom stereocenters. The van der Waals surface area contributed by atoms with Gasteiger partial charge in [-0.25, -0.2) is 23.1 Å². The van der Waals surface area contributed by atoms with Crippen molar-refractivity contribution >= 4 is 53.1 Å². The Bertz CT molecular complexity index is 2380. The number of carbonyl (C=O) groups excluding carboxylic acids is 4. The van der Waals surface area contributed by atoms with Crippen LogP contribution >= 0.6 is 0 Å². The Morgan fingerprint density at radius 2 is 1.74 bits per heavy atom. The van der Waals surface area contributed by atoms with Gasteiger partial charge in [0.05, 0.1) is 43.9 Å². The lowest BCUT2D eigenvalue weighted by atomic mass is 9.65. The third-order valence-electron chi connectivity index (χ3n) is 14.0. The molecule has 9 rings (SSSR count). The van der Waals surface area contributed by atoms with Gasteiger partial charge in [-0.2, -0.15) is 10.2 Å². The first kappa shape index (κ1) is 46.3. The second kappa shape index (κ2) is 20.5. The molecule has 3 aromatic heterocycles. The highest BCUT2D eigenvalue weighted by Gasteiger charge is 2.40. The lowest BCUT2D eigenvalue weighted by Crippen LogP contribution is -2.49. The van der Waals surface area contributed by atoms with Crippen LogP contribution in [0, 0.1) is 11.3 Å². The summed E-state index contributed by atoms with van der Waals surface area (Å²) in [5, 5.41) is 20.4. The number of hydrogen-bond donors (Lipinski definition) is 3. The summed E-state index contributed by atoms with van der Waals surface area (Å²) in [5.41, 5.74) is 1.28. The molecule has 4 saturated heterocycles. The number of aromatic nitrogens is 5. The Morgan fingerprint density at radius 3 is 2.42 bits per heavy atom. The smallest absolute Gasteiger partial charge is 0.328 e. The zero-order valence-corrected chi connectivity index (χ0v) is 37.1. The second-order valence-corrected chi connectivity index (χ2v) is 17.7. The second-order valence-electron chi connectivity index (χ2n) is 17.7. The summed E-state index contributed by atoms with van der Waals surface area (Å²) >= 11 is 0. The summed E-state index contributed by atoms with van der Waals surface area (Å²) in [4.78, 5) is 72.4. The van der Waals surface area contributed by atoms with Crippen LogP contribution in [0.5, 0.6) is 5.75 Å². The standard InChI is InChI=1S/C44H55F2N11O6.CH2O2/c1-62-35-3-2-30(26-34(35)55-18-10-37(58)50-43(55)61)42(60)54-20-13-44(14-21-54)11-4-29(5-12-44)6-15-52-16-7-31(8-17-52)57-28-33(38(51-57)39(45)46)48-41(59)32-27-47-56-19-9-36(49-40(32)56)53-22-24-63-25-23-53;2-1-3/h2-3,9,19,26-29,31,39H,4-8,10-18,20-25H2,1H3,(H,48,59)(H,50,58,61);1H,(H,2,3). The van der Waals surface area contributed by atoms with Crippen molar-refractivity contribution in [1.82, 2.24) is 39.5 Å². The number of carboxylic acid groups (broad SMARTS) is 1. The molecule has 66 heavy (non-hydrogen) atoms. The molecule has 3 N–H and O–H groups in total. The topological polar surface area (TPSA) is 209 Å². The Labute approximate surface area is 380 Å². The minimum Gasteiger partial charge on any atom is -0.495 e. The number of methoxy groups -OCH3 is 1. The lowest BCUT2D eigenvalue weighted by Gasteiger charge is -2.46. The minimum absolute atomic E-state index is 0.00955. The maximum absolute atomic E-state index is 14.3. The summed E-state index contributed by atoms with van der Waals surface area (Å²) in [6, 6.07) is 6.38. The van der Waals surface area contributed by atoms with Crippen LogP contribution in [0.15, 0.2) is 42.9 Å². The first-order valence-electron chi connectivity index (χ1n) is 22.7. The van der Waals surface area contributed by atoms with Crippen LogP contribution in [-0.2, 0) is 14.3 Å². The lowest BCUT2D eigenvalue weighted by molar-refractivity contribution is -0.123. The van der Waals surface area contributed by atoms with Gasteiger partial charge in [-0.3, -0.25) is 34.1 Å². The van der Waals surface area contributed by atoms with Crippen molar-refractivity contribution in [2.45, 2.75) is 76.7 Å². The molecule has 1 aliphatic carbocycles. The fourth-order valence-electron chi connectivity index (χ4n) is 10.1. The van der Waals surface area contributed by atoms with Gasteiger partial charge in [0, 0.05) is 70.2 Å². The highest BCUT2D eigenvalue weighted by Crippen LogP contribution is 2.47. The Hall–Kier alpha value is -6.22. The number of urea groups is 1. The van der Waals surface area contributed by atoms with Gasteiger partial charge in [0.2, 0.25) is 5.91 Å². The van der Waals surface area contributed by atoms with Crippen LogP contribution in [-0.4, -0.2) is 142 Å². The third kappa shape index (κ3) is 10.3. The fourth-order valence-corrected chi connectivity index (χ4v) is 10.1. The van der Waals surface area contributed by atoms with E-state index in [0.29, 0.717) is 73.8 Å². The van der Waals surface area contributed by atoms with Gasteiger partial charge in [0.25, 0.3) is 24.7 Å². The van der Waals surface area contributed by atoms with Crippen LogP contribution in [0.1, 0.15) is 103 Å². The number of likely N-dealkylation sites (tertiary alicyclic amines) is 2. The molecule has 1 aromatic carbocycles. The van der Waals surface area contributed by atoms with Crippen LogP contribution in [0.3, 0.4) is 0 Å². The highest BCUT2D eigenvalue weighted by atomic mass is 19.3. The summed E-state index contributed by atoms with van der Waals surface area (Å²) < 4.78 is 42.6. The molecular weight excluding hydrogens is 861 g/mol. The molecule has 4 aromatic rings. The summed E-state index contributed by atoms with van der Waals surface area (Å²) in [6.07, 6.45) is 11.3. The Morgan fingerprint density at radius 1 is 1.02 bits per heavy atom. The van der Waals surface area contributed by atoms with E-state index in [0.717, 1.165) is 64.6 Å². The van der Waals surface area contributed by atoms with Crippen LogP contribution in [0.4, 0.5) is 30.8 Å². The number of piperidine rings is 2. The summed E-state index contributed by atoms with van der Waals surface area (Å²) in [5.74, 6) is 0.841. The number of morpholine rings is 1. The monoisotopic (exact) mass is 917 g/mol. The Kier molecular flexibility index (Phi) is 14.4. The molecule has 0 bridgehead atoms. The average Bonchev–Trinajstić information content (AvgIpc) is 3.97. The van der Waals surface area contributed by atoms with E-state index >= 15 is 0 Å². The number of fused-ring (bicyclic) bond motifs is 1. The van der Waals surface area contributed by atoms with E-state index in [1.165, 1.54) is 41.8 Å². The zero-order valence-electron chi connectivity index (χ0n) is 37.1. The van der Waals surface area contributed by atoms with E-state index in [-0.39, 0.29) is 54.0 Å². The molecule has 1 saturated carbocycles. The Balaban J connectivity index is 0.00000192. The highest BCUT2D eigenvalue weighted by molar-refractivity contribution is 6.09. The zero-order chi connectivity index (χ0) is 46.4. The molecule has 21 heteroatoms. The molecule has 5 amide bonds. The molecule has 5 fully saturated rings. The van der Waals surface area contributed by atoms with Crippen molar-refractivity contribution in [1.29, 1.82) is 0 Å². The molecule has 0 radical (unpaired) electrons. The number of nitrogens with zero attached hydrogens (tertiary/aromatic N) is 9. The number of carbonyl (C=O) groups is 5. The molecule has 1 spiro atoms. The average molecular weight is 918 g/mol. The number of alkyl halides is 2. The number of benzene rings is 1. The number of nitrogens with one attached hydrogen (secondary N) is 2. The first-order chi connectivity index (χ1) is 32.0. The summed E-state index contributed by atoms with van der Waals surface area (Å²) in [7, 11) is 1.51. The molecule has 7 heterocycles. The van der Waals surface area contributed by atoms with Gasteiger partial charge in [-0.1, -0.05) is 0 Å². The number of anilines is 3. The number of amides is 5. The van der Waals surface area contributed by atoms with E-state index in [2.05, 4.69) is 35.6 Å². The van der Waals surface area contributed by atoms with Gasteiger partial charge in [-0.15, -0.1) is 0 Å². The van der Waals surface area contributed by atoms with Crippen molar-refractivity contribution < 1.29 is 47.3 Å². The predicted octanol–water partition coefficient (Wildman–Crippen LogP) is 5.25. The van der Waals surface area contributed by atoms with Crippen molar-refractivity contribution in [2.75, 3.05) is 87.8 Å². The SMILES string of the molecule is COc1ccc(C(=O)N2CCC3(CCC(CCN4CCC(n5cc(NC(=O)c6cnn7ccc(N8CCOCC8)nc67)c(C(F)F)n5)CC4)CC3)CC2)cc1N1CCC(=O)NC1=O.O=CO. The van der Waals surface area contributed by atoms with Crippen LogP contribution in [0.25, 0.3) is 5.65 Å². The first-order valence-corrected chi connectivity index (χ1v) is 22.7. The van der Waals surface area contributed by atoms with Crippen molar-refractivity contribution in [3.05, 3.63) is 59.7 Å². The van der Waals surface area contributed by atoms with Gasteiger partial charge >= 0.3 is 6.03 Å². The van der Waals surface area contributed by atoms with Gasteiger partial charge in [-0.05, 0) is 99.9 Å². The van der Waals surface area contributed by atoms with Crippen molar-refractivity contribution in [3.8, 4) is 5.75 Å². The largest absolute Gasteiger partial charge is 0.495 e. The van der Waals surface area contributed by atoms with Gasteiger partial charge in [0.1, 0.15) is 17.1 Å². The van der Waals surface area contributed by atoms with E-state index < -0.39 is 24.1 Å². The maximum Gasteiger partial charge on any atom is 0.328 e. The normalized spacial score (nSPS) is 19.7. The molecular formula is C45H57F2N11O8. The molecule has 19 nitrogen and oxygen atoms in total. The fraction of sp³-hybridized carbons (Fsp3) is 0.556. The van der Waals surface area contributed by atoms with E-state index in [1.807, 2.05) is 11.0 Å². The number of imide groups is 1. The van der Waals surface area contributed by atoms with E-state index in [4.69, 9.17) is 19.4 Å². The third-order valence-corrected chi connectivity index (χ3v) is 14.0. The van der Waals surface area contributed by atoms with Gasteiger partial charge < -0.3 is 34.6 Å². The van der Waals surface area contributed by atoms with Gasteiger partial charge in [0.15, 0.2) is 11.3 Å². The quantitative estimate of drug-likeness (QED) is 0.165. The minimum atomic E-state index is -2.86. The van der Waals surface area contributed by atoms with E-state index in [9.17, 15) is 28.0 Å². The van der Waals surface area contributed by atoms with Crippen molar-refractivity contribution in [2.24, 2.45) is 11.3 Å². The predicted molar refractivity (Wildman–Crippen MR) is 237 cm³/mol. The summed E-state index contributed by atoms with van der Waals surface area (Å²) in [6.45, 7) is 6.56. The van der Waals surface area contributed by atoms with Crippen LogP contribution < -0.4 is 25.2 Å². The number of hydrogen-bond acceptors (Lipinski definition) is 12. The van der Waals surface area contributed by atoms with Crippen LogP contribution in [0.2, 0.25) is 0 Å². The number of rotatable bonds is 11. The number of halogens is 2. The van der Waals surface area contributed by atoms with E-state index in [1.54, 1.807) is 29.1 Å². The maximum atomic E-state index is 14.3. The molecule has 4 aliphatic heterocycles. The number of ether oxygens (including phenoxy) is 2. The molecule has 354 valence electrons. The van der Waals surface area contributed by atoms with Crippen molar-refractivity contribution in [3.63, 3.8) is 0 Å².